The molecule has 8 heteroatoms. The van der Waals surface area contributed by atoms with Crippen LogP contribution in [0.2, 0.25) is 0 Å². The van der Waals surface area contributed by atoms with Gasteiger partial charge in [0.1, 0.15) is 23.6 Å². The molecule has 1 atom stereocenters. The predicted molar refractivity (Wildman–Crippen MR) is 106 cm³/mol. The number of aromatic nitrogens is 1. The maximum atomic E-state index is 14.4. The fourth-order valence-corrected chi connectivity index (χ4v) is 3.84. The van der Waals surface area contributed by atoms with Crippen LogP contribution in [-0.4, -0.2) is 34.9 Å². The minimum atomic E-state index is -0.705. The standard InChI is InChI=1S/C22H21F3N2O3/c1-11(10-28)26-22(29)30-16-6-13(7-16)19-17-8-15(24)9-18(25)21(17)27-20(19)12-2-4-14(23)5-3-12/h2-5,8-9,11,13,16,27-28H,6-7,10H2,1H3,(H,26,29). The number of carbonyl (C=O) groups is 1. The molecule has 4 rings (SSSR count). The van der Waals surface area contributed by atoms with E-state index < -0.39 is 29.6 Å². The van der Waals surface area contributed by atoms with Crippen LogP contribution in [-0.2, 0) is 4.74 Å². The van der Waals surface area contributed by atoms with Crippen molar-refractivity contribution in [3.05, 3.63) is 59.4 Å². The number of aromatic amines is 1. The third kappa shape index (κ3) is 3.87. The summed E-state index contributed by atoms with van der Waals surface area (Å²) in [5.74, 6) is -1.87. The summed E-state index contributed by atoms with van der Waals surface area (Å²) in [5.41, 5.74) is 2.15. The Morgan fingerprint density at radius 2 is 1.90 bits per heavy atom. The highest BCUT2D eigenvalue weighted by Gasteiger charge is 2.37. The number of H-pyrrole nitrogens is 1. The monoisotopic (exact) mass is 418 g/mol. The van der Waals surface area contributed by atoms with Crippen molar-refractivity contribution in [3.8, 4) is 11.3 Å². The molecule has 0 spiro atoms. The molecule has 1 saturated carbocycles. The van der Waals surface area contributed by atoms with Crippen LogP contribution in [0.25, 0.3) is 22.2 Å². The molecule has 1 aliphatic rings. The van der Waals surface area contributed by atoms with E-state index in [4.69, 9.17) is 9.84 Å². The van der Waals surface area contributed by atoms with Crippen LogP contribution in [0.5, 0.6) is 0 Å². The highest BCUT2D eigenvalue weighted by molar-refractivity contribution is 5.92. The zero-order chi connectivity index (χ0) is 21.4. The molecule has 1 unspecified atom stereocenters. The van der Waals surface area contributed by atoms with E-state index in [2.05, 4.69) is 10.3 Å². The zero-order valence-corrected chi connectivity index (χ0v) is 16.2. The lowest BCUT2D eigenvalue weighted by Crippen LogP contribution is -2.40. The molecule has 1 amide bonds. The van der Waals surface area contributed by atoms with Crippen molar-refractivity contribution >= 4 is 17.0 Å². The number of ether oxygens (including phenoxy) is 1. The Balaban J connectivity index is 1.63. The van der Waals surface area contributed by atoms with Gasteiger partial charge in [-0.2, -0.15) is 0 Å². The second-order valence-corrected chi connectivity index (χ2v) is 7.65. The highest BCUT2D eigenvalue weighted by Crippen LogP contribution is 2.46. The van der Waals surface area contributed by atoms with Gasteiger partial charge in [0.05, 0.1) is 23.9 Å². The average Bonchev–Trinajstić information content (AvgIpc) is 3.04. The van der Waals surface area contributed by atoms with E-state index in [1.54, 1.807) is 19.1 Å². The van der Waals surface area contributed by atoms with E-state index in [1.807, 2.05) is 0 Å². The molecule has 0 aliphatic heterocycles. The quantitative estimate of drug-likeness (QED) is 0.567. The lowest BCUT2D eigenvalue weighted by atomic mass is 9.75. The second-order valence-electron chi connectivity index (χ2n) is 7.65. The molecule has 3 aromatic rings. The number of carbonyl (C=O) groups excluding carboxylic acids is 1. The molecule has 3 N–H and O–H groups in total. The molecule has 0 saturated heterocycles. The van der Waals surface area contributed by atoms with E-state index in [1.165, 1.54) is 18.2 Å². The summed E-state index contributed by atoms with van der Waals surface area (Å²) in [4.78, 5) is 14.9. The smallest absolute Gasteiger partial charge is 0.407 e. The van der Waals surface area contributed by atoms with Crippen molar-refractivity contribution in [1.29, 1.82) is 0 Å². The Morgan fingerprint density at radius 3 is 2.57 bits per heavy atom. The third-order valence-corrected chi connectivity index (χ3v) is 5.41. The number of hydrogen-bond donors (Lipinski definition) is 3. The van der Waals surface area contributed by atoms with Crippen LogP contribution < -0.4 is 5.32 Å². The fraction of sp³-hybridized carbons (Fsp3) is 0.318. The molecule has 1 fully saturated rings. The predicted octanol–water partition coefficient (Wildman–Crippen LogP) is 4.61. The fourth-order valence-electron chi connectivity index (χ4n) is 3.84. The van der Waals surface area contributed by atoms with Crippen molar-refractivity contribution in [1.82, 2.24) is 10.3 Å². The van der Waals surface area contributed by atoms with Gasteiger partial charge < -0.3 is 20.1 Å². The number of alkyl carbamates (subject to hydrolysis) is 1. The Labute approximate surface area is 170 Å². The number of fused-ring (bicyclic) bond motifs is 1. The number of nitrogens with one attached hydrogen (secondary N) is 2. The number of halogens is 3. The molecule has 1 heterocycles. The molecule has 2 aromatic carbocycles. The van der Waals surface area contributed by atoms with E-state index >= 15 is 0 Å². The molecule has 158 valence electrons. The van der Waals surface area contributed by atoms with Gasteiger partial charge in [0.15, 0.2) is 0 Å². The molecule has 5 nitrogen and oxygen atoms in total. The number of hydrogen-bond acceptors (Lipinski definition) is 3. The van der Waals surface area contributed by atoms with Gasteiger partial charge in [-0.3, -0.25) is 0 Å². The van der Waals surface area contributed by atoms with Crippen LogP contribution in [0.15, 0.2) is 36.4 Å². The van der Waals surface area contributed by atoms with Crippen molar-refractivity contribution < 1.29 is 27.8 Å². The topological polar surface area (TPSA) is 74.3 Å². The summed E-state index contributed by atoms with van der Waals surface area (Å²) in [7, 11) is 0. The van der Waals surface area contributed by atoms with Crippen LogP contribution in [0.1, 0.15) is 31.2 Å². The minimum absolute atomic E-state index is 0.0898. The van der Waals surface area contributed by atoms with Crippen LogP contribution in [0.3, 0.4) is 0 Å². The SMILES string of the molecule is CC(CO)NC(=O)OC1CC(c2c(-c3ccc(F)cc3)[nH]c3c(F)cc(F)cc23)C1. The van der Waals surface area contributed by atoms with Gasteiger partial charge in [0.25, 0.3) is 0 Å². The van der Waals surface area contributed by atoms with Gasteiger partial charge in [-0.25, -0.2) is 18.0 Å². The van der Waals surface area contributed by atoms with Crippen molar-refractivity contribution in [2.24, 2.45) is 0 Å². The Kier molecular flexibility index (Phi) is 5.42. The van der Waals surface area contributed by atoms with E-state index in [9.17, 15) is 18.0 Å². The van der Waals surface area contributed by atoms with Crippen molar-refractivity contribution in [2.45, 2.75) is 37.8 Å². The number of aliphatic hydroxyl groups excluding tert-OH is 1. The minimum Gasteiger partial charge on any atom is -0.446 e. The highest BCUT2D eigenvalue weighted by atomic mass is 19.1. The summed E-state index contributed by atoms with van der Waals surface area (Å²) in [6.07, 6.45) is 0.0144. The number of benzene rings is 2. The lowest BCUT2D eigenvalue weighted by Gasteiger charge is -2.35. The zero-order valence-electron chi connectivity index (χ0n) is 16.2. The molecular formula is C22H21F3N2O3. The molecule has 1 aliphatic carbocycles. The number of rotatable bonds is 5. The van der Waals surface area contributed by atoms with Gasteiger partial charge in [-0.15, -0.1) is 0 Å². The molecule has 0 bridgehead atoms. The largest absolute Gasteiger partial charge is 0.446 e. The first kappa shape index (κ1) is 20.3. The van der Waals surface area contributed by atoms with Gasteiger partial charge in [-0.05, 0) is 67.1 Å². The summed E-state index contributed by atoms with van der Waals surface area (Å²) in [6.45, 7) is 1.45. The summed E-state index contributed by atoms with van der Waals surface area (Å²) in [6, 6.07) is 7.44. The van der Waals surface area contributed by atoms with Crippen LogP contribution in [0, 0.1) is 17.5 Å². The molecular weight excluding hydrogens is 397 g/mol. The van der Waals surface area contributed by atoms with Crippen LogP contribution in [0.4, 0.5) is 18.0 Å². The molecule has 30 heavy (non-hydrogen) atoms. The van der Waals surface area contributed by atoms with Crippen LogP contribution >= 0.6 is 0 Å². The first-order valence-electron chi connectivity index (χ1n) is 9.70. The Bertz CT molecular complexity index is 1080. The lowest BCUT2D eigenvalue weighted by molar-refractivity contribution is 0.0370. The normalized spacial score (nSPS) is 19.4. The molecule has 1 aromatic heterocycles. The maximum Gasteiger partial charge on any atom is 0.407 e. The van der Waals surface area contributed by atoms with E-state index in [0.29, 0.717) is 29.5 Å². The third-order valence-electron chi connectivity index (χ3n) is 5.41. The first-order valence-corrected chi connectivity index (χ1v) is 9.70. The van der Waals surface area contributed by atoms with Crippen molar-refractivity contribution in [2.75, 3.05) is 6.61 Å². The Morgan fingerprint density at radius 1 is 1.20 bits per heavy atom. The van der Waals surface area contributed by atoms with Gasteiger partial charge in [0, 0.05) is 11.5 Å². The first-order chi connectivity index (χ1) is 14.4. The summed E-state index contributed by atoms with van der Waals surface area (Å²) < 4.78 is 47.0. The number of aliphatic hydroxyl groups is 1. The van der Waals surface area contributed by atoms with Gasteiger partial charge in [-0.1, -0.05) is 0 Å². The van der Waals surface area contributed by atoms with Crippen molar-refractivity contribution in [3.63, 3.8) is 0 Å². The average molecular weight is 418 g/mol. The summed E-state index contributed by atoms with van der Waals surface area (Å²) in [5, 5.41) is 11.9. The van der Waals surface area contributed by atoms with Gasteiger partial charge in [0.2, 0.25) is 0 Å². The number of amides is 1. The Hall–Kier alpha value is -3.00. The van der Waals surface area contributed by atoms with E-state index in [0.717, 1.165) is 11.6 Å². The maximum absolute atomic E-state index is 14.4. The summed E-state index contributed by atoms with van der Waals surface area (Å²) >= 11 is 0. The van der Waals surface area contributed by atoms with Gasteiger partial charge >= 0.3 is 6.09 Å². The van der Waals surface area contributed by atoms with E-state index in [-0.39, 0.29) is 24.1 Å². The second kappa shape index (κ2) is 8.02. The molecule has 0 radical (unpaired) electrons.